The van der Waals surface area contributed by atoms with Crippen molar-refractivity contribution in [3.05, 3.63) is 31.8 Å². The number of carboxylic acids is 1. The summed E-state index contributed by atoms with van der Waals surface area (Å²) in [4.78, 5) is 22.2. The number of carbonyl (C=O) groups is 1. The van der Waals surface area contributed by atoms with Crippen LogP contribution in [0.25, 0.3) is 10.2 Å². The number of carboxylic acid groups (broad SMARTS) is 1. The molecule has 1 N–H and O–H groups in total. The second kappa shape index (κ2) is 4.62. The zero-order valence-electron chi connectivity index (χ0n) is 9.07. The van der Waals surface area contributed by atoms with E-state index in [0.29, 0.717) is 0 Å². The van der Waals surface area contributed by atoms with Gasteiger partial charge in [-0.3, -0.25) is 14.2 Å². The van der Waals surface area contributed by atoms with Crippen molar-refractivity contribution in [3.63, 3.8) is 0 Å². The molecular weight excluding hydrogens is 306 g/mol. The van der Waals surface area contributed by atoms with Crippen LogP contribution in [0, 0.1) is 6.92 Å². The predicted octanol–water partition coefficient (Wildman–Crippen LogP) is 2.61. The molecule has 0 bridgehead atoms. The number of benzene rings is 1. The lowest BCUT2D eigenvalue weighted by Gasteiger charge is -2.04. The van der Waals surface area contributed by atoms with E-state index in [9.17, 15) is 9.59 Å². The van der Waals surface area contributed by atoms with E-state index in [0.717, 1.165) is 31.6 Å². The number of rotatable bonds is 3. The topological polar surface area (TPSA) is 59.3 Å². The minimum atomic E-state index is -0.903. The second-order valence-corrected chi connectivity index (χ2v) is 5.60. The van der Waals surface area contributed by atoms with Gasteiger partial charge in [0.15, 0.2) is 0 Å². The molecule has 0 aliphatic heterocycles. The first-order valence-corrected chi connectivity index (χ1v) is 6.61. The van der Waals surface area contributed by atoms with Crippen LogP contribution in [0.15, 0.2) is 21.4 Å². The van der Waals surface area contributed by atoms with Crippen LogP contribution >= 0.6 is 27.3 Å². The zero-order chi connectivity index (χ0) is 12.6. The number of aromatic nitrogens is 1. The van der Waals surface area contributed by atoms with Gasteiger partial charge in [0.2, 0.25) is 0 Å². The summed E-state index contributed by atoms with van der Waals surface area (Å²) in [5.41, 5.74) is 1.85. The molecule has 0 atom stereocenters. The number of aryl methyl sites for hydroxylation is 2. The highest BCUT2D eigenvalue weighted by molar-refractivity contribution is 9.10. The molecule has 0 spiro atoms. The van der Waals surface area contributed by atoms with Crippen LogP contribution < -0.4 is 4.87 Å². The molecule has 90 valence electrons. The maximum atomic E-state index is 11.8. The van der Waals surface area contributed by atoms with Crippen molar-refractivity contribution in [2.45, 2.75) is 19.9 Å². The Bertz CT molecular complexity index is 644. The molecule has 0 saturated carbocycles. The van der Waals surface area contributed by atoms with E-state index in [1.165, 1.54) is 4.57 Å². The van der Waals surface area contributed by atoms with Crippen LogP contribution in [-0.4, -0.2) is 15.6 Å². The van der Waals surface area contributed by atoms with Gasteiger partial charge in [-0.1, -0.05) is 11.3 Å². The molecule has 0 radical (unpaired) electrons. The third-order valence-corrected chi connectivity index (χ3v) is 3.94. The lowest BCUT2D eigenvalue weighted by molar-refractivity contribution is -0.137. The third kappa shape index (κ3) is 2.42. The Morgan fingerprint density at radius 3 is 2.88 bits per heavy atom. The Morgan fingerprint density at radius 1 is 1.53 bits per heavy atom. The van der Waals surface area contributed by atoms with E-state index in [1.54, 1.807) is 0 Å². The molecule has 0 saturated heterocycles. The van der Waals surface area contributed by atoms with Gasteiger partial charge in [0.25, 0.3) is 0 Å². The average molecular weight is 316 g/mol. The summed E-state index contributed by atoms with van der Waals surface area (Å²) in [6, 6.07) is 3.86. The molecule has 0 aliphatic carbocycles. The molecule has 1 aromatic carbocycles. The fourth-order valence-electron chi connectivity index (χ4n) is 1.69. The number of fused-ring (bicyclic) bond motifs is 1. The summed E-state index contributed by atoms with van der Waals surface area (Å²) in [6.45, 7) is 2.16. The number of nitrogens with zero attached hydrogens (tertiary/aromatic N) is 1. The molecule has 0 amide bonds. The van der Waals surface area contributed by atoms with Gasteiger partial charge in [0.05, 0.1) is 16.6 Å². The molecule has 1 aromatic heterocycles. The molecule has 2 aromatic rings. The monoisotopic (exact) mass is 315 g/mol. The predicted molar refractivity (Wildman–Crippen MR) is 70.8 cm³/mol. The summed E-state index contributed by atoms with van der Waals surface area (Å²) < 4.78 is 3.22. The van der Waals surface area contributed by atoms with Crippen LogP contribution in [0.2, 0.25) is 0 Å². The van der Waals surface area contributed by atoms with Gasteiger partial charge in [-0.05, 0) is 40.5 Å². The Hall–Kier alpha value is -1.14. The normalized spacial score (nSPS) is 10.9. The Kier molecular flexibility index (Phi) is 3.35. The lowest BCUT2D eigenvalue weighted by Crippen LogP contribution is -2.15. The minimum absolute atomic E-state index is 0.0495. The number of hydrogen-bond donors (Lipinski definition) is 1. The molecule has 1 heterocycles. The molecule has 0 fully saturated rings. The van der Waals surface area contributed by atoms with Crippen LogP contribution in [0.1, 0.15) is 12.0 Å². The highest BCUT2D eigenvalue weighted by Crippen LogP contribution is 2.27. The summed E-state index contributed by atoms with van der Waals surface area (Å²) in [6.07, 6.45) is -0.0495. The van der Waals surface area contributed by atoms with Crippen molar-refractivity contribution >= 4 is 43.5 Å². The van der Waals surface area contributed by atoms with E-state index in [2.05, 4.69) is 15.9 Å². The average Bonchev–Trinajstić information content (AvgIpc) is 2.51. The number of thiazole rings is 1. The van der Waals surface area contributed by atoms with Crippen LogP contribution in [0.3, 0.4) is 0 Å². The Labute approximate surface area is 110 Å². The van der Waals surface area contributed by atoms with Crippen LogP contribution in [-0.2, 0) is 11.3 Å². The molecule has 2 rings (SSSR count). The standard InChI is InChI=1S/C11H10BrNO3S/c1-6-4-7(12)10-8(5-6)17-11(16)13(10)3-2-9(14)15/h4-5H,2-3H2,1H3,(H,14,15). The third-order valence-electron chi connectivity index (χ3n) is 2.41. The number of aliphatic carboxylic acids is 1. The summed E-state index contributed by atoms with van der Waals surface area (Å²) in [5.74, 6) is -0.903. The first-order valence-electron chi connectivity index (χ1n) is 5.00. The number of halogens is 1. The summed E-state index contributed by atoms with van der Waals surface area (Å²) >= 11 is 4.56. The van der Waals surface area contributed by atoms with Gasteiger partial charge in [-0.25, -0.2) is 0 Å². The van der Waals surface area contributed by atoms with Crippen molar-refractivity contribution in [2.24, 2.45) is 0 Å². The van der Waals surface area contributed by atoms with Crippen molar-refractivity contribution in [1.29, 1.82) is 0 Å². The van der Waals surface area contributed by atoms with Gasteiger partial charge in [0, 0.05) is 11.0 Å². The summed E-state index contributed by atoms with van der Waals surface area (Å²) in [5, 5.41) is 8.66. The van der Waals surface area contributed by atoms with Gasteiger partial charge < -0.3 is 5.11 Å². The summed E-state index contributed by atoms with van der Waals surface area (Å²) in [7, 11) is 0. The lowest BCUT2D eigenvalue weighted by atomic mass is 10.2. The molecule has 6 heteroatoms. The first kappa shape index (κ1) is 12.3. The Balaban J connectivity index is 2.58. The smallest absolute Gasteiger partial charge is 0.308 e. The molecule has 0 aliphatic rings. The highest BCUT2D eigenvalue weighted by atomic mass is 79.9. The van der Waals surface area contributed by atoms with Gasteiger partial charge in [0.1, 0.15) is 0 Å². The molecular formula is C11H10BrNO3S. The van der Waals surface area contributed by atoms with E-state index in [1.807, 2.05) is 19.1 Å². The highest BCUT2D eigenvalue weighted by Gasteiger charge is 2.12. The SMILES string of the molecule is Cc1cc(Br)c2c(c1)sc(=O)n2CCC(=O)O. The first-order chi connectivity index (χ1) is 7.99. The second-order valence-electron chi connectivity index (χ2n) is 3.76. The van der Waals surface area contributed by atoms with Crippen molar-refractivity contribution in [3.8, 4) is 0 Å². The maximum Gasteiger partial charge on any atom is 0.308 e. The van der Waals surface area contributed by atoms with Crippen molar-refractivity contribution in [1.82, 2.24) is 4.57 Å². The molecule has 4 nitrogen and oxygen atoms in total. The van der Waals surface area contributed by atoms with E-state index >= 15 is 0 Å². The van der Waals surface area contributed by atoms with Gasteiger partial charge >= 0.3 is 10.8 Å². The van der Waals surface area contributed by atoms with Crippen LogP contribution in [0.5, 0.6) is 0 Å². The van der Waals surface area contributed by atoms with E-state index in [-0.39, 0.29) is 17.8 Å². The number of hydrogen-bond acceptors (Lipinski definition) is 3. The molecule has 0 unspecified atom stereocenters. The van der Waals surface area contributed by atoms with Gasteiger partial charge in [-0.15, -0.1) is 0 Å². The van der Waals surface area contributed by atoms with Crippen LogP contribution in [0.4, 0.5) is 0 Å². The minimum Gasteiger partial charge on any atom is -0.481 e. The molecule has 17 heavy (non-hydrogen) atoms. The fraction of sp³-hybridized carbons (Fsp3) is 0.273. The van der Waals surface area contributed by atoms with Gasteiger partial charge in [-0.2, -0.15) is 0 Å². The van der Waals surface area contributed by atoms with Crippen molar-refractivity contribution in [2.75, 3.05) is 0 Å². The van der Waals surface area contributed by atoms with Crippen molar-refractivity contribution < 1.29 is 9.90 Å². The maximum absolute atomic E-state index is 11.8. The van der Waals surface area contributed by atoms with E-state index in [4.69, 9.17) is 5.11 Å². The quantitative estimate of drug-likeness (QED) is 0.947. The fourth-order valence-corrected chi connectivity index (χ4v) is 3.66. The Morgan fingerprint density at radius 2 is 2.24 bits per heavy atom. The zero-order valence-corrected chi connectivity index (χ0v) is 11.5. The largest absolute Gasteiger partial charge is 0.481 e. The van der Waals surface area contributed by atoms with E-state index < -0.39 is 5.97 Å².